The van der Waals surface area contributed by atoms with Gasteiger partial charge in [-0.15, -0.1) is 0 Å². The molecule has 0 radical (unpaired) electrons. The lowest BCUT2D eigenvalue weighted by molar-refractivity contribution is 0.595. The van der Waals surface area contributed by atoms with Crippen LogP contribution < -0.4 is 10.5 Å². The minimum Gasteiger partial charge on any atom is -0.350 e. The first kappa shape index (κ1) is 15.8. The molecule has 0 bridgehead atoms. The molecule has 5 nitrogen and oxygen atoms in total. The van der Waals surface area contributed by atoms with Crippen LogP contribution in [0.3, 0.4) is 0 Å². The summed E-state index contributed by atoms with van der Waals surface area (Å²) in [6.45, 7) is 4.49. The van der Waals surface area contributed by atoms with Gasteiger partial charge in [0, 0.05) is 31.5 Å². The minimum atomic E-state index is -3.64. The normalized spacial score (nSPS) is 11.7. The van der Waals surface area contributed by atoms with Crippen molar-refractivity contribution in [3.8, 4) is 0 Å². The molecule has 1 heterocycles. The molecule has 1 aromatic carbocycles. The molecule has 0 aliphatic carbocycles. The van der Waals surface area contributed by atoms with E-state index in [4.69, 9.17) is 5.14 Å². The predicted octanol–water partition coefficient (Wildman–Crippen LogP) is 1.84. The van der Waals surface area contributed by atoms with E-state index in [1.54, 1.807) is 12.1 Å². The maximum Gasteiger partial charge on any atom is 0.238 e. The van der Waals surface area contributed by atoms with Crippen LogP contribution in [0.25, 0.3) is 0 Å². The third kappa shape index (κ3) is 4.42. The van der Waals surface area contributed by atoms with Crippen molar-refractivity contribution in [3.05, 3.63) is 53.9 Å². The maximum absolute atomic E-state index is 11.3. The van der Waals surface area contributed by atoms with Gasteiger partial charge in [-0.1, -0.05) is 19.1 Å². The van der Waals surface area contributed by atoms with Gasteiger partial charge in [0.15, 0.2) is 0 Å². The summed E-state index contributed by atoms with van der Waals surface area (Å²) < 4.78 is 24.8. The van der Waals surface area contributed by atoms with Gasteiger partial charge in [0.1, 0.15) is 0 Å². The van der Waals surface area contributed by atoms with Crippen molar-refractivity contribution >= 4 is 10.0 Å². The van der Waals surface area contributed by atoms with Crippen LogP contribution in [-0.4, -0.2) is 13.0 Å². The maximum atomic E-state index is 11.3. The highest BCUT2D eigenvalue weighted by atomic mass is 32.2. The number of aromatic nitrogens is 1. The van der Waals surface area contributed by atoms with E-state index < -0.39 is 10.0 Å². The molecule has 3 N–H and O–H groups in total. The molecule has 2 rings (SSSR count). The molecule has 0 fully saturated rings. The lowest BCUT2D eigenvalue weighted by Gasteiger charge is -2.10. The molecule has 21 heavy (non-hydrogen) atoms. The first-order valence-corrected chi connectivity index (χ1v) is 8.52. The van der Waals surface area contributed by atoms with Gasteiger partial charge in [-0.2, -0.15) is 0 Å². The fourth-order valence-corrected chi connectivity index (χ4v) is 2.82. The van der Waals surface area contributed by atoms with E-state index in [1.807, 2.05) is 12.1 Å². The molecule has 0 atom stereocenters. The number of aryl methyl sites for hydroxylation is 1. The van der Waals surface area contributed by atoms with E-state index in [9.17, 15) is 8.42 Å². The summed E-state index contributed by atoms with van der Waals surface area (Å²) in [7, 11) is -3.64. The van der Waals surface area contributed by atoms with Crippen LogP contribution in [0, 0.1) is 0 Å². The Bertz CT molecular complexity index is 692. The van der Waals surface area contributed by atoms with Crippen molar-refractivity contribution in [1.82, 2.24) is 9.88 Å². The minimum absolute atomic E-state index is 0.149. The Morgan fingerprint density at radius 3 is 2.71 bits per heavy atom. The highest BCUT2D eigenvalue weighted by Crippen LogP contribution is 2.10. The SMILES string of the molecule is CCCn1cccc1CNCc1cccc(S(N)(=O)=O)c1. The van der Waals surface area contributed by atoms with Gasteiger partial charge in [0.05, 0.1) is 4.90 Å². The van der Waals surface area contributed by atoms with Gasteiger partial charge < -0.3 is 9.88 Å². The second kappa shape index (κ2) is 6.89. The predicted molar refractivity (Wildman–Crippen MR) is 83.1 cm³/mol. The molecule has 0 saturated heterocycles. The van der Waals surface area contributed by atoms with E-state index in [0.717, 1.165) is 25.1 Å². The van der Waals surface area contributed by atoms with E-state index >= 15 is 0 Å². The summed E-state index contributed by atoms with van der Waals surface area (Å²) in [5.41, 5.74) is 2.12. The third-order valence-corrected chi connectivity index (χ3v) is 4.16. The van der Waals surface area contributed by atoms with Crippen LogP contribution in [-0.2, 0) is 29.7 Å². The van der Waals surface area contributed by atoms with Crippen LogP contribution in [0.5, 0.6) is 0 Å². The number of benzene rings is 1. The van der Waals surface area contributed by atoms with Gasteiger partial charge in [-0.25, -0.2) is 13.6 Å². The lowest BCUT2D eigenvalue weighted by Crippen LogP contribution is -2.17. The number of sulfonamides is 1. The molecular weight excluding hydrogens is 286 g/mol. The highest BCUT2D eigenvalue weighted by molar-refractivity contribution is 7.89. The number of hydrogen-bond acceptors (Lipinski definition) is 3. The number of nitrogens with two attached hydrogens (primary N) is 1. The Labute approximate surface area is 125 Å². The van der Waals surface area contributed by atoms with Gasteiger partial charge >= 0.3 is 0 Å². The summed E-state index contributed by atoms with van der Waals surface area (Å²) in [4.78, 5) is 0.149. The standard InChI is InChI=1S/C15H21N3O2S/c1-2-8-18-9-4-6-14(18)12-17-11-13-5-3-7-15(10-13)21(16,19)20/h3-7,9-10,17H,2,8,11-12H2,1H3,(H2,16,19,20). The van der Waals surface area contributed by atoms with E-state index in [-0.39, 0.29) is 4.90 Å². The Hall–Kier alpha value is -1.63. The Morgan fingerprint density at radius 1 is 1.19 bits per heavy atom. The summed E-state index contributed by atoms with van der Waals surface area (Å²) in [6.07, 6.45) is 3.17. The van der Waals surface area contributed by atoms with Crippen molar-refractivity contribution in [2.75, 3.05) is 0 Å². The quantitative estimate of drug-likeness (QED) is 0.819. The molecule has 6 heteroatoms. The van der Waals surface area contributed by atoms with Crippen molar-refractivity contribution in [2.24, 2.45) is 5.14 Å². The molecule has 0 aliphatic heterocycles. The van der Waals surface area contributed by atoms with Gasteiger partial charge in [-0.05, 0) is 36.2 Å². The number of nitrogens with one attached hydrogen (secondary N) is 1. The van der Waals surface area contributed by atoms with Gasteiger partial charge in [-0.3, -0.25) is 0 Å². The second-order valence-electron chi connectivity index (χ2n) is 4.99. The molecule has 1 aromatic heterocycles. The van der Waals surface area contributed by atoms with E-state index in [0.29, 0.717) is 6.54 Å². The Kier molecular flexibility index (Phi) is 5.17. The smallest absolute Gasteiger partial charge is 0.238 e. The molecule has 2 aromatic rings. The fraction of sp³-hybridized carbons (Fsp3) is 0.333. The van der Waals surface area contributed by atoms with Gasteiger partial charge in [0.2, 0.25) is 10.0 Å². The first-order chi connectivity index (χ1) is 10.0. The van der Waals surface area contributed by atoms with Crippen LogP contribution in [0.4, 0.5) is 0 Å². The van der Waals surface area contributed by atoms with E-state index in [2.05, 4.69) is 29.1 Å². The molecule has 0 amide bonds. The van der Waals surface area contributed by atoms with Crippen molar-refractivity contribution < 1.29 is 8.42 Å². The fourth-order valence-electron chi connectivity index (χ4n) is 2.24. The number of primary sulfonamides is 1. The number of hydrogen-bond donors (Lipinski definition) is 2. The molecule has 0 unspecified atom stereocenters. The number of nitrogens with zero attached hydrogens (tertiary/aromatic N) is 1. The van der Waals surface area contributed by atoms with Crippen molar-refractivity contribution in [1.29, 1.82) is 0 Å². The van der Waals surface area contributed by atoms with E-state index in [1.165, 1.54) is 11.8 Å². The van der Waals surface area contributed by atoms with Crippen LogP contribution >= 0.6 is 0 Å². The molecule has 0 spiro atoms. The largest absolute Gasteiger partial charge is 0.350 e. The van der Waals surface area contributed by atoms with Gasteiger partial charge in [0.25, 0.3) is 0 Å². The Balaban J connectivity index is 1.96. The summed E-state index contributed by atoms with van der Waals surface area (Å²) >= 11 is 0. The Morgan fingerprint density at radius 2 is 2.00 bits per heavy atom. The van der Waals surface area contributed by atoms with Crippen LogP contribution in [0.2, 0.25) is 0 Å². The lowest BCUT2D eigenvalue weighted by atomic mass is 10.2. The highest BCUT2D eigenvalue weighted by Gasteiger charge is 2.07. The zero-order valence-corrected chi connectivity index (χ0v) is 12.9. The van der Waals surface area contributed by atoms with Crippen LogP contribution in [0.1, 0.15) is 24.6 Å². The topological polar surface area (TPSA) is 77.1 Å². The zero-order valence-electron chi connectivity index (χ0n) is 12.1. The molecule has 114 valence electrons. The van der Waals surface area contributed by atoms with Crippen LogP contribution in [0.15, 0.2) is 47.5 Å². The second-order valence-corrected chi connectivity index (χ2v) is 6.55. The third-order valence-electron chi connectivity index (χ3n) is 3.25. The molecule has 0 aliphatic rings. The monoisotopic (exact) mass is 307 g/mol. The summed E-state index contributed by atoms with van der Waals surface area (Å²) in [5, 5.41) is 8.46. The number of rotatable bonds is 7. The average Bonchev–Trinajstić information content (AvgIpc) is 2.86. The summed E-state index contributed by atoms with van der Waals surface area (Å²) in [6, 6.07) is 10.8. The molecular formula is C15H21N3O2S. The average molecular weight is 307 g/mol. The van der Waals surface area contributed by atoms with Crippen molar-refractivity contribution in [3.63, 3.8) is 0 Å². The molecule has 0 saturated carbocycles. The summed E-state index contributed by atoms with van der Waals surface area (Å²) in [5.74, 6) is 0. The first-order valence-electron chi connectivity index (χ1n) is 6.97. The van der Waals surface area contributed by atoms with Crippen molar-refractivity contribution in [2.45, 2.75) is 37.9 Å². The zero-order chi connectivity index (χ0) is 15.3.